The van der Waals surface area contributed by atoms with Gasteiger partial charge in [0.2, 0.25) is 0 Å². The van der Waals surface area contributed by atoms with E-state index in [0.717, 1.165) is 19.3 Å². The Kier molecular flexibility index (Phi) is 5.39. The molecule has 2 nitrogen and oxygen atoms in total. The average Bonchev–Trinajstić information content (AvgIpc) is 2.59. The Morgan fingerprint density at radius 1 is 1.00 bits per heavy atom. The first-order valence-electron chi connectivity index (χ1n) is 8.22. The second kappa shape index (κ2) is 7.69. The first-order valence-corrected chi connectivity index (χ1v) is 9.10. The second-order valence-electron chi connectivity index (χ2n) is 6.06. The van der Waals surface area contributed by atoms with Crippen LogP contribution in [-0.2, 0) is 4.74 Å². The Bertz CT molecular complexity index is 636. The van der Waals surface area contributed by atoms with Crippen molar-refractivity contribution >= 4 is 17.7 Å². The molecule has 2 aromatic carbocycles. The predicted octanol–water partition coefficient (Wildman–Crippen LogP) is 5.26. The summed E-state index contributed by atoms with van der Waals surface area (Å²) < 4.78 is 5.83. The lowest BCUT2D eigenvalue weighted by Crippen LogP contribution is -2.32. The highest BCUT2D eigenvalue weighted by Gasteiger charge is 2.29. The van der Waals surface area contributed by atoms with Gasteiger partial charge in [-0.05, 0) is 50.5 Å². The second-order valence-corrected chi connectivity index (χ2v) is 7.38. The van der Waals surface area contributed by atoms with E-state index in [-0.39, 0.29) is 12.1 Å². The molecule has 0 heterocycles. The fraction of sp³-hybridized carbons (Fsp3) is 0.350. The van der Waals surface area contributed by atoms with Crippen molar-refractivity contribution in [2.45, 2.75) is 48.9 Å². The van der Waals surface area contributed by atoms with E-state index < -0.39 is 0 Å². The maximum Gasteiger partial charge on any atom is 0.338 e. The topological polar surface area (TPSA) is 26.3 Å². The zero-order valence-corrected chi connectivity index (χ0v) is 14.2. The van der Waals surface area contributed by atoms with E-state index in [1.54, 1.807) is 0 Å². The summed E-state index contributed by atoms with van der Waals surface area (Å²) in [6.07, 6.45) is 4.41. The van der Waals surface area contributed by atoms with Gasteiger partial charge in [0.15, 0.2) is 0 Å². The summed E-state index contributed by atoms with van der Waals surface area (Å²) in [6.45, 7) is 2.10. The lowest BCUT2D eigenvalue weighted by atomic mass is 9.97. The molecule has 0 amide bonds. The molecule has 23 heavy (non-hydrogen) atoms. The van der Waals surface area contributed by atoms with Gasteiger partial charge >= 0.3 is 5.97 Å². The minimum Gasteiger partial charge on any atom is -0.458 e. The molecule has 3 heteroatoms. The first-order chi connectivity index (χ1) is 11.2. The van der Waals surface area contributed by atoms with Crippen molar-refractivity contribution in [2.75, 3.05) is 0 Å². The Labute approximate surface area is 142 Å². The monoisotopic (exact) mass is 326 g/mol. The smallest absolute Gasteiger partial charge is 0.338 e. The van der Waals surface area contributed by atoms with Gasteiger partial charge in [-0.2, -0.15) is 0 Å². The van der Waals surface area contributed by atoms with Crippen molar-refractivity contribution in [3.8, 4) is 0 Å². The van der Waals surface area contributed by atoms with Crippen molar-refractivity contribution in [1.29, 1.82) is 0 Å². The molecule has 1 saturated carbocycles. The molecule has 0 aromatic heterocycles. The molecule has 0 saturated heterocycles. The fourth-order valence-corrected chi connectivity index (χ4v) is 4.17. The van der Waals surface area contributed by atoms with Crippen LogP contribution in [0.15, 0.2) is 59.5 Å². The summed E-state index contributed by atoms with van der Waals surface area (Å²) in [5.74, 6) is -0.202. The third-order valence-electron chi connectivity index (χ3n) is 4.22. The molecule has 120 valence electrons. The number of ether oxygens (including phenoxy) is 1. The van der Waals surface area contributed by atoms with Crippen LogP contribution in [0.4, 0.5) is 0 Å². The van der Waals surface area contributed by atoms with Crippen molar-refractivity contribution in [1.82, 2.24) is 0 Å². The number of benzene rings is 2. The van der Waals surface area contributed by atoms with Crippen LogP contribution >= 0.6 is 11.8 Å². The van der Waals surface area contributed by atoms with E-state index in [0.29, 0.717) is 10.8 Å². The molecule has 1 aliphatic carbocycles. The molecule has 0 spiro atoms. The summed E-state index contributed by atoms with van der Waals surface area (Å²) in [6, 6.07) is 17.9. The summed E-state index contributed by atoms with van der Waals surface area (Å²) in [5, 5.41) is 0.346. The van der Waals surface area contributed by atoms with Crippen molar-refractivity contribution in [2.24, 2.45) is 0 Å². The fourth-order valence-electron chi connectivity index (χ4n) is 2.90. The number of rotatable bonds is 4. The van der Waals surface area contributed by atoms with Crippen LogP contribution in [0.2, 0.25) is 0 Å². The Balaban J connectivity index is 1.66. The van der Waals surface area contributed by atoms with Crippen molar-refractivity contribution in [3.05, 3.63) is 65.7 Å². The third-order valence-corrected chi connectivity index (χ3v) is 5.60. The number of hydrogen-bond acceptors (Lipinski definition) is 3. The lowest BCUT2D eigenvalue weighted by molar-refractivity contribution is 0.0229. The summed E-state index contributed by atoms with van der Waals surface area (Å²) in [7, 11) is 0. The molecule has 0 N–H and O–H groups in total. The van der Waals surface area contributed by atoms with E-state index in [4.69, 9.17) is 4.74 Å². The van der Waals surface area contributed by atoms with Gasteiger partial charge in [0.05, 0.1) is 5.56 Å². The van der Waals surface area contributed by atoms with Crippen LogP contribution in [0.25, 0.3) is 0 Å². The quantitative estimate of drug-likeness (QED) is 0.717. The summed E-state index contributed by atoms with van der Waals surface area (Å²) >= 11 is 1.84. The number of esters is 1. The van der Waals surface area contributed by atoms with Crippen LogP contribution in [0.5, 0.6) is 0 Å². The molecular weight excluding hydrogens is 304 g/mol. The van der Waals surface area contributed by atoms with Crippen LogP contribution in [0.3, 0.4) is 0 Å². The zero-order valence-electron chi connectivity index (χ0n) is 13.4. The molecule has 2 aromatic rings. The minimum absolute atomic E-state index is 0.00255. The summed E-state index contributed by atoms with van der Waals surface area (Å²) in [4.78, 5) is 13.6. The van der Waals surface area contributed by atoms with Gasteiger partial charge in [-0.3, -0.25) is 0 Å². The average molecular weight is 326 g/mol. The van der Waals surface area contributed by atoms with Crippen LogP contribution < -0.4 is 0 Å². The molecule has 1 fully saturated rings. The Morgan fingerprint density at radius 2 is 1.70 bits per heavy atom. The zero-order chi connectivity index (χ0) is 16.1. The number of aryl methyl sites for hydroxylation is 1. The van der Waals surface area contributed by atoms with E-state index >= 15 is 0 Å². The minimum atomic E-state index is -0.202. The molecule has 1 aliphatic rings. The largest absolute Gasteiger partial charge is 0.458 e. The van der Waals surface area contributed by atoms with Gasteiger partial charge in [-0.15, -0.1) is 11.8 Å². The molecule has 3 rings (SSSR count). The first kappa shape index (κ1) is 16.1. The highest BCUT2D eigenvalue weighted by atomic mass is 32.2. The van der Waals surface area contributed by atoms with Gasteiger partial charge in [0, 0.05) is 10.1 Å². The highest BCUT2D eigenvalue weighted by molar-refractivity contribution is 8.00. The number of hydrogen-bond donors (Lipinski definition) is 0. The van der Waals surface area contributed by atoms with Crippen LogP contribution in [-0.4, -0.2) is 17.3 Å². The standard InChI is InChI=1S/C20H22O2S/c1-15-11-13-17(14-12-15)23-19-10-6-5-9-18(19)22-20(21)16-7-3-2-4-8-16/h2-4,7-8,11-14,18-19H,5-6,9-10H2,1H3/t18-,19-/m0/s1. The highest BCUT2D eigenvalue weighted by Crippen LogP contribution is 2.35. The van der Waals surface area contributed by atoms with Gasteiger partial charge in [0.1, 0.15) is 6.10 Å². The van der Waals surface area contributed by atoms with Gasteiger partial charge < -0.3 is 4.74 Å². The predicted molar refractivity (Wildman–Crippen MR) is 94.9 cm³/mol. The van der Waals surface area contributed by atoms with E-state index in [9.17, 15) is 4.79 Å². The number of carbonyl (C=O) groups excluding carboxylic acids is 1. The molecule has 0 unspecified atom stereocenters. The van der Waals surface area contributed by atoms with Crippen molar-refractivity contribution < 1.29 is 9.53 Å². The SMILES string of the molecule is Cc1ccc(S[C@H]2CCCC[C@@H]2OC(=O)c2ccccc2)cc1. The maximum atomic E-state index is 12.3. The summed E-state index contributed by atoms with van der Waals surface area (Å²) in [5.41, 5.74) is 1.90. The molecular formula is C20H22O2S. The Hall–Kier alpha value is -1.74. The lowest BCUT2D eigenvalue weighted by Gasteiger charge is -2.30. The van der Waals surface area contributed by atoms with Crippen molar-refractivity contribution in [3.63, 3.8) is 0 Å². The normalized spacial score (nSPS) is 20.9. The van der Waals surface area contributed by atoms with Gasteiger partial charge in [-0.25, -0.2) is 4.79 Å². The van der Waals surface area contributed by atoms with Crippen LogP contribution in [0.1, 0.15) is 41.6 Å². The van der Waals surface area contributed by atoms with E-state index in [1.165, 1.54) is 16.9 Å². The van der Waals surface area contributed by atoms with E-state index in [1.807, 2.05) is 42.1 Å². The van der Waals surface area contributed by atoms with E-state index in [2.05, 4.69) is 31.2 Å². The van der Waals surface area contributed by atoms with Crippen LogP contribution in [0, 0.1) is 6.92 Å². The Morgan fingerprint density at radius 3 is 2.43 bits per heavy atom. The van der Waals surface area contributed by atoms with Gasteiger partial charge in [0.25, 0.3) is 0 Å². The molecule has 2 atom stereocenters. The molecule has 0 bridgehead atoms. The number of thioether (sulfide) groups is 1. The van der Waals surface area contributed by atoms with Gasteiger partial charge in [-0.1, -0.05) is 42.3 Å². The maximum absolute atomic E-state index is 12.3. The molecule has 0 aliphatic heterocycles. The molecule has 0 radical (unpaired) electrons. The third kappa shape index (κ3) is 4.38. The number of carbonyl (C=O) groups is 1.